The average Bonchev–Trinajstić information content (AvgIpc) is 3.32. The molecule has 0 fully saturated rings. The molecule has 1 aromatic carbocycles. The number of nitrogens with zero attached hydrogens (tertiary/aromatic N) is 2. The molecule has 142 valence electrons. The second kappa shape index (κ2) is 7.09. The van der Waals surface area contributed by atoms with Crippen LogP contribution < -0.4 is 5.56 Å². The van der Waals surface area contributed by atoms with E-state index in [-0.39, 0.29) is 23.8 Å². The van der Waals surface area contributed by atoms with E-state index in [1.807, 2.05) is 50.2 Å². The van der Waals surface area contributed by atoms with E-state index in [0.29, 0.717) is 21.8 Å². The van der Waals surface area contributed by atoms with Gasteiger partial charge in [0.15, 0.2) is 0 Å². The van der Waals surface area contributed by atoms with Gasteiger partial charge in [0.1, 0.15) is 16.4 Å². The van der Waals surface area contributed by atoms with Gasteiger partial charge in [0.05, 0.1) is 11.9 Å². The third kappa shape index (κ3) is 3.25. The molecule has 0 bridgehead atoms. The number of fused-ring (bicyclic) bond motifs is 1. The van der Waals surface area contributed by atoms with Crippen molar-refractivity contribution in [1.29, 1.82) is 0 Å². The molecule has 0 atom stereocenters. The molecule has 6 nitrogen and oxygen atoms in total. The lowest BCUT2D eigenvalue weighted by Crippen LogP contribution is -2.26. The van der Waals surface area contributed by atoms with Gasteiger partial charge in [-0.25, -0.2) is 9.78 Å². The first-order valence-corrected chi connectivity index (χ1v) is 9.67. The maximum atomic E-state index is 13.2. The van der Waals surface area contributed by atoms with Crippen LogP contribution in [0.4, 0.5) is 0 Å². The molecule has 3 aromatic heterocycles. The Labute approximate surface area is 164 Å². The fourth-order valence-corrected chi connectivity index (χ4v) is 4.14. The van der Waals surface area contributed by atoms with Gasteiger partial charge in [-0.1, -0.05) is 44.2 Å². The minimum Gasteiger partial charge on any atom is -0.475 e. The number of carboxylic acids is 1. The molecule has 4 aromatic rings. The molecule has 0 spiro atoms. The number of aromatic nitrogens is 2. The summed E-state index contributed by atoms with van der Waals surface area (Å²) in [6, 6.07) is 14.7. The number of carboxylic acid groups (broad SMARTS) is 1. The van der Waals surface area contributed by atoms with E-state index in [4.69, 9.17) is 14.5 Å². The van der Waals surface area contributed by atoms with Gasteiger partial charge < -0.3 is 9.52 Å². The first kappa shape index (κ1) is 18.2. The molecular weight excluding hydrogens is 376 g/mol. The van der Waals surface area contributed by atoms with Gasteiger partial charge >= 0.3 is 5.97 Å². The van der Waals surface area contributed by atoms with Crippen LogP contribution >= 0.6 is 11.3 Å². The predicted molar refractivity (Wildman–Crippen MR) is 108 cm³/mol. The highest BCUT2D eigenvalue weighted by atomic mass is 32.1. The molecule has 0 amide bonds. The smallest absolute Gasteiger partial charge is 0.371 e. The lowest BCUT2D eigenvalue weighted by Gasteiger charge is -2.13. The fourth-order valence-electron chi connectivity index (χ4n) is 3.10. The largest absolute Gasteiger partial charge is 0.475 e. The summed E-state index contributed by atoms with van der Waals surface area (Å²) in [6.07, 6.45) is 0. The minimum atomic E-state index is -1.14. The van der Waals surface area contributed by atoms with Crippen LogP contribution in [0.25, 0.3) is 20.7 Å². The van der Waals surface area contributed by atoms with Gasteiger partial charge in [0.25, 0.3) is 5.56 Å². The van der Waals surface area contributed by atoms with E-state index in [2.05, 4.69) is 0 Å². The minimum absolute atomic E-state index is 0.0216. The number of benzene rings is 1. The van der Waals surface area contributed by atoms with Crippen molar-refractivity contribution in [2.45, 2.75) is 26.3 Å². The number of aromatic carboxylic acids is 1. The summed E-state index contributed by atoms with van der Waals surface area (Å²) in [5.41, 5.74) is 0.889. The average molecular weight is 394 g/mol. The summed E-state index contributed by atoms with van der Waals surface area (Å²) < 4.78 is 6.91. The van der Waals surface area contributed by atoms with Crippen molar-refractivity contribution in [3.8, 4) is 10.4 Å². The zero-order valence-corrected chi connectivity index (χ0v) is 16.2. The van der Waals surface area contributed by atoms with Crippen molar-refractivity contribution in [2.24, 2.45) is 0 Å². The Balaban J connectivity index is 1.84. The van der Waals surface area contributed by atoms with E-state index < -0.39 is 5.97 Å². The zero-order valence-electron chi connectivity index (χ0n) is 15.4. The molecule has 1 N–H and O–H groups in total. The van der Waals surface area contributed by atoms with Crippen LogP contribution in [-0.2, 0) is 6.54 Å². The Morgan fingerprint density at radius 3 is 2.61 bits per heavy atom. The molecule has 0 saturated carbocycles. The summed E-state index contributed by atoms with van der Waals surface area (Å²) in [7, 11) is 0. The second-order valence-corrected chi connectivity index (χ2v) is 7.81. The van der Waals surface area contributed by atoms with Crippen molar-refractivity contribution < 1.29 is 14.3 Å². The third-order valence-electron chi connectivity index (χ3n) is 4.44. The number of thiophene rings is 1. The van der Waals surface area contributed by atoms with E-state index in [9.17, 15) is 9.59 Å². The van der Waals surface area contributed by atoms with Crippen LogP contribution in [0.2, 0.25) is 0 Å². The summed E-state index contributed by atoms with van der Waals surface area (Å²) in [5.74, 6) is -0.215. The normalized spacial score (nSPS) is 11.4. The SMILES string of the molecule is CC(C)c1nc2sc(-c3ccccc3)cc2c(=O)n1Cc1ccc(C(=O)O)o1. The van der Waals surface area contributed by atoms with Crippen LogP contribution in [0.1, 0.15) is 41.9 Å². The molecule has 0 aliphatic rings. The number of hydrogen-bond donors (Lipinski definition) is 1. The Morgan fingerprint density at radius 2 is 1.96 bits per heavy atom. The molecular formula is C21H18N2O4S. The van der Waals surface area contributed by atoms with Gasteiger partial charge in [-0.05, 0) is 23.8 Å². The third-order valence-corrected chi connectivity index (χ3v) is 5.52. The van der Waals surface area contributed by atoms with Crippen molar-refractivity contribution in [3.05, 3.63) is 76.2 Å². The molecule has 0 radical (unpaired) electrons. The Kier molecular flexibility index (Phi) is 4.60. The molecule has 0 aliphatic heterocycles. The first-order valence-electron chi connectivity index (χ1n) is 8.85. The van der Waals surface area contributed by atoms with E-state index in [0.717, 1.165) is 10.4 Å². The van der Waals surface area contributed by atoms with Crippen molar-refractivity contribution in [2.75, 3.05) is 0 Å². The van der Waals surface area contributed by atoms with E-state index in [1.54, 1.807) is 10.6 Å². The van der Waals surface area contributed by atoms with Crippen LogP contribution in [0, 0.1) is 0 Å². The highest BCUT2D eigenvalue weighted by Gasteiger charge is 2.18. The molecule has 0 saturated heterocycles. The van der Waals surface area contributed by atoms with Crippen LogP contribution in [-0.4, -0.2) is 20.6 Å². The van der Waals surface area contributed by atoms with Gasteiger partial charge in [0.2, 0.25) is 5.76 Å². The van der Waals surface area contributed by atoms with E-state index >= 15 is 0 Å². The number of hydrogen-bond acceptors (Lipinski definition) is 5. The van der Waals surface area contributed by atoms with Crippen molar-refractivity contribution in [3.63, 3.8) is 0 Å². The molecule has 3 heterocycles. The number of carbonyl (C=O) groups is 1. The topological polar surface area (TPSA) is 85.3 Å². The second-order valence-electron chi connectivity index (χ2n) is 6.78. The monoisotopic (exact) mass is 394 g/mol. The lowest BCUT2D eigenvalue weighted by atomic mass is 10.1. The molecule has 28 heavy (non-hydrogen) atoms. The van der Waals surface area contributed by atoms with E-state index in [1.165, 1.54) is 17.4 Å². The Bertz CT molecular complexity index is 1220. The summed E-state index contributed by atoms with van der Waals surface area (Å²) in [6.45, 7) is 4.08. The molecule has 0 aliphatic carbocycles. The molecule has 0 unspecified atom stereocenters. The first-order chi connectivity index (χ1) is 13.4. The lowest BCUT2D eigenvalue weighted by molar-refractivity contribution is 0.0660. The molecule has 4 rings (SSSR count). The Hall–Kier alpha value is -3.19. The fraction of sp³-hybridized carbons (Fsp3) is 0.190. The highest BCUT2D eigenvalue weighted by molar-refractivity contribution is 7.21. The maximum absolute atomic E-state index is 13.2. The van der Waals surface area contributed by atoms with Crippen LogP contribution in [0.15, 0.2) is 57.7 Å². The Morgan fingerprint density at radius 1 is 1.21 bits per heavy atom. The zero-order chi connectivity index (χ0) is 19.8. The summed E-state index contributed by atoms with van der Waals surface area (Å²) >= 11 is 1.49. The van der Waals surface area contributed by atoms with Crippen molar-refractivity contribution in [1.82, 2.24) is 9.55 Å². The van der Waals surface area contributed by atoms with Gasteiger partial charge in [-0.2, -0.15) is 0 Å². The quantitative estimate of drug-likeness (QED) is 0.535. The summed E-state index contributed by atoms with van der Waals surface area (Å²) in [5, 5.41) is 9.59. The van der Waals surface area contributed by atoms with Gasteiger partial charge in [-0.15, -0.1) is 11.3 Å². The number of furan rings is 1. The maximum Gasteiger partial charge on any atom is 0.371 e. The predicted octanol–water partition coefficient (Wildman–Crippen LogP) is 4.59. The summed E-state index contributed by atoms with van der Waals surface area (Å²) in [4.78, 5) is 30.7. The van der Waals surface area contributed by atoms with Crippen LogP contribution in [0.3, 0.4) is 0 Å². The van der Waals surface area contributed by atoms with Crippen molar-refractivity contribution >= 4 is 27.5 Å². The highest BCUT2D eigenvalue weighted by Crippen LogP contribution is 2.31. The molecule has 7 heteroatoms. The number of rotatable bonds is 5. The standard InChI is InChI=1S/C21H18N2O4S/c1-12(2)18-22-19-15(10-17(28-19)13-6-4-3-5-7-13)20(24)23(18)11-14-8-9-16(27-14)21(25)26/h3-10,12H,11H2,1-2H3,(H,25,26). The van der Waals surface area contributed by atoms with Crippen LogP contribution in [0.5, 0.6) is 0 Å². The van der Waals surface area contributed by atoms with Gasteiger partial charge in [0, 0.05) is 10.8 Å². The van der Waals surface area contributed by atoms with Gasteiger partial charge in [-0.3, -0.25) is 9.36 Å².